The molecule has 1 saturated heterocycles. The number of fused-ring (bicyclic) bond motifs is 1. The molecule has 2 heterocycles. The van der Waals surface area contributed by atoms with E-state index in [2.05, 4.69) is 80.0 Å². The van der Waals surface area contributed by atoms with E-state index in [0.29, 0.717) is 12.1 Å². The number of aryl methyl sites for hydroxylation is 2. The van der Waals surface area contributed by atoms with Gasteiger partial charge in [0.1, 0.15) is 0 Å². The van der Waals surface area contributed by atoms with Crippen LogP contribution in [-0.2, 0) is 13.0 Å². The molecule has 0 spiro atoms. The van der Waals surface area contributed by atoms with Crippen LogP contribution in [-0.4, -0.2) is 22.0 Å². The molecule has 0 bridgehead atoms. The lowest BCUT2D eigenvalue weighted by molar-refractivity contribution is 0.0959. The van der Waals surface area contributed by atoms with Crippen LogP contribution >= 0.6 is 0 Å². The second kappa shape index (κ2) is 8.13. The average molecular weight is 375 g/mol. The van der Waals surface area contributed by atoms with Gasteiger partial charge in [0.25, 0.3) is 0 Å². The molecule has 28 heavy (non-hydrogen) atoms. The van der Waals surface area contributed by atoms with E-state index in [0.717, 1.165) is 13.0 Å². The summed E-state index contributed by atoms with van der Waals surface area (Å²) < 4.78 is 0. The van der Waals surface area contributed by atoms with Crippen molar-refractivity contribution in [2.24, 2.45) is 0 Å². The maximum absolute atomic E-state index is 3.79. The highest BCUT2D eigenvalue weighted by Crippen LogP contribution is 2.35. The monoisotopic (exact) mass is 374 g/mol. The second-order valence-corrected chi connectivity index (χ2v) is 8.72. The van der Waals surface area contributed by atoms with Gasteiger partial charge in [-0.2, -0.15) is 0 Å². The molecular formula is C26H34N2. The van der Waals surface area contributed by atoms with E-state index in [4.69, 9.17) is 0 Å². The third-order valence-corrected chi connectivity index (χ3v) is 6.65. The van der Waals surface area contributed by atoms with Crippen LogP contribution in [0.15, 0.2) is 42.5 Å². The first-order valence-electron chi connectivity index (χ1n) is 11.0. The Morgan fingerprint density at radius 3 is 2.39 bits per heavy atom. The van der Waals surface area contributed by atoms with E-state index in [1.807, 2.05) is 0 Å². The Bertz CT molecular complexity index is 925. The van der Waals surface area contributed by atoms with Crippen molar-refractivity contribution in [2.75, 3.05) is 0 Å². The first kappa shape index (κ1) is 19.3. The number of rotatable bonds is 5. The smallest absolute Gasteiger partial charge is 0.0510 e. The van der Waals surface area contributed by atoms with Crippen LogP contribution in [0.3, 0.4) is 0 Å². The zero-order valence-corrected chi connectivity index (χ0v) is 17.9. The first-order chi connectivity index (χ1) is 13.6. The number of H-pyrrole nitrogens is 1. The first-order valence-corrected chi connectivity index (χ1v) is 11.0. The number of hydrogen-bond donors (Lipinski definition) is 1. The van der Waals surface area contributed by atoms with Crippen LogP contribution in [0.2, 0.25) is 0 Å². The van der Waals surface area contributed by atoms with Gasteiger partial charge >= 0.3 is 0 Å². The van der Waals surface area contributed by atoms with Gasteiger partial charge in [-0.15, -0.1) is 0 Å². The maximum Gasteiger partial charge on any atom is 0.0510 e. The summed E-state index contributed by atoms with van der Waals surface area (Å²) in [5, 5.41) is 1.39. The molecule has 2 atom stereocenters. The molecule has 1 N–H and O–H groups in total. The standard InChI is InChI=1S/C26H34N2/c1-5-8-21-13-15-22(16-14-21)26-24(17-28-19(3)10-7-11-20(28)4)23-12-6-9-18(2)25(23)27-26/h6,9,12-16,19-20,27H,5,7-8,10-11,17H2,1-4H3. The molecule has 0 aliphatic carbocycles. The van der Waals surface area contributed by atoms with Gasteiger partial charge in [-0.25, -0.2) is 0 Å². The Hall–Kier alpha value is -2.06. The fraction of sp³-hybridized carbons (Fsp3) is 0.462. The third kappa shape index (κ3) is 3.63. The molecule has 3 aromatic rings. The van der Waals surface area contributed by atoms with E-state index in [1.54, 1.807) is 0 Å². The van der Waals surface area contributed by atoms with Gasteiger partial charge < -0.3 is 4.98 Å². The van der Waals surface area contributed by atoms with Crippen molar-refractivity contribution in [1.29, 1.82) is 0 Å². The molecule has 148 valence electrons. The molecule has 4 rings (SSSR count). The molecule has 0 saturated carbocycles. The van der Waals surface area contributed by atoms with Gasteiger partial charge in [0.2, 0.25) is 0 Å². The molecule has 2 unspecified atom stereocenters. The summed E-state index contributed by atoms with van der Waals surface area (Å²) in [6, 6.07) is 17.2. The summed E-state index contributed by atoms with van der Waals surface area (Å²) in [5.41, 5.74) is 8.12. The molecule has 1 aliphatic rings. The normalized spacial score (nSPS) is 20.7. The van der Waals surface area contributed by atoms with E-state index in [1.165, 1.54) is 64.5 Å². The van der Waals surface area contributed by atoms with Crippen molar-refractivity contribution in [3.8, 4) is 11.3 Å². The maximum atomic E-state index is 3.79. The van der Waals surface area contributed by atoms with E-state index in [9.17, 15) is 0 Å². The van der Waals surface area contributed by atoms with Gasteiger partial charge in [-0.05, 0) is 62.3 Å². The lowest BCUT2D eigenvalue weighted by Gasteiger charge is -2.39. The van der Waals surface area contributed by atoms with Crippen LogP contribution in [0.4, 0.5) is 0 Å². The van der Waals surface area contributed by atoms with Crippen LogP contribution in [0.1, 0.15) is 63.1 Å². The van der Waals surface area contributed by atoms with Gasteiger partial charge in [-0.1, -0.05) is 62.2 Å². The van der Waals surface area contributed by atoms with E-state index in [-0.39, 0.29) is 0 Å². The minimum atomic E-state index is 0.651. The van der Waals surface area contributed by atoms with Gasteiger partial charge in [0.15, 0.2) is 0 Å². The fourth-order valence-electron chi connectivity index (χ4n) is 4.93. The molecule has 2 heteroatoms. The minimum Gasteiger partial charge on any atom is -0.354 e. The molecular weight excluding hydrogens is 340 g/mol. The predicted octanol–water partition coefficient (Wildman–Crippen LogP) is 6.86. The van der Waals surface area contributed by atoms with Crippen LogP contribution in [0, 0.1) is 6.92 Å². The number of piperidine rings is 1. The lowest BCUT2D eigenvalue weighted by atomic mass is 9.95. The quantitative estimate of drug-likeness (QED) is 0.517. The topological polar surface area (TPSA) is 19.0 Å². The molecule has 0 amide bonds. The summed E-state index contributed by atoms with van der Waals surface area (Å²) in [5.74, 6) is 0. The number of likely N-dealkylation sites (tertiary alicyclic amines) is 1. The number of nitrogens with zero attached hydrogens (tertiary/aromatic N) is 1. The lowest BCUT2D eigenvalue weighted by Crippen LogP contribution is -2.43. The largest absolute Gasteiger partial charge is 0.354 e. The number of benzene rings is 2. The van der Waals surface area contributed by atoms with Crippen molar-refractivity contribution in [3.63, 3.8) is 0 Å². The Kier molecular flexibility index (Phi) is 5.59. The Labute approximate surface area is 170 Å². The molecule has 1 aromatic heterocycles. The minimum absolute atomic E-state index is 0.651. The summed E-state index contributed by atoms with van der Waals surface area (Å²) in [6.45, 7) is 10.3. The number of nitrogens with one attached hydrogen (secondary N) is 1. The van der Waals surface area contributed by atoms with Gasteiger partial charge in [0, 0.05) is 29.5 Å². The third-order valence-electron chi connectivity index (χ3n) is 6.65. The van der Waals surface area contributed by atoms with Gasteiger partial charge in [0.05, 0.1) is 5.69 Å². The van der Waals surface area contributed by atoms with E-state index >= 15 is 0 Å². The highest BCUT2D eigenvalue weighted by Gasteiger charge is 2.27. The van der Waals surface area contributed by atoms with Crippen molar-refractivity contribution in [1.82, 2.24) is 9.88 Å². The summed E-state index contributed by atoms with van der Waals surface area (Å²) >= 11 is 0. The highest BCUT2D eigenvalue weighted by atomic mass is 15.2. The molecule has 2 aromatic carbocycles. The van der Waals surface area contributed by atoms with Crippen LogP contribution in [0.25, 0.3) is 22.2 Å². The zero-order valence-electron chi connectivity index (χ0n) is 17.9. The fourth-order valence-corrected chi connectivity index (χ4v) is 4.93. The second-order valence-electron chi connectivity index (χ2n) is 8.72. The Morgan fingerprint density at radius 1 is 1.00 bits per heavy atom. The van der Waals surface area contributed by atoms with Crippen molar-refractivity contribution in [2.45, 2.75) is 78.4 Å². The average Bonchev–Trinajstić information content (AvgIpc) is 3.06. The van der Waals surface area contributed by atoms with Crippen molar-refractivity contribution >= 4 is 10.9 Å². The van der Waals surface area contributed by atoms with Crippen molar-refractivity contribution < 1.29 is 0 Å². The molecule has 0 radical (unpaired) electrons. The molecule has 2 nitrogen and oxygen atoms in total. The SMILES string of the molecule is CCCc1ccc(-c2[nH]c3c(C)cccc3c2CN2C(C)CCCC2C)cc1. The van der Waals surface area contributed by atoms with Crippen molar-refractivity contribution in [3.05, 3.63) is 59.2 Å². The number of para-hydroxylation sites is 1. The molecule has 1 fully saturated rings. The Morgan fingerprint density at radius 2 is 1.71 bits per heavy atom. The van der Waals surface area contributed by atoms with Gasteiger partial charge in [-0.3, -0.25) is 4.90 Å². The van der Waals surface area contributed by atoms with E-state index < -0.39 is 0 Å². The summed E-state index contributed by atoms with van der Waals surface area (Å²) in [4.78, 5) is 6.50. The molecule has 1 aliphatic heterocycles. The zero-order chi connectivity index (χ0) is 19.7. The van der Waals surface area contributed by atoms with Crippen LogP contribution < -0.4 is 0 Å². The predicted molar refractivity (Wildman–Crippen MR) is 121 cm³/mol. The summed E-state index contributed by atoms with van der Waals surface area (Å²) in [6.07, 6.45) is 6.33. The Balaban J connectivity index is 1.79. The number of hydrogen-bond acceptors (Lipinski definition) is 1. The number of aromatic amines is 1. The summed E-state index contributed by atoms with van der Waals surface area (Å²) in [7, 11) is 0. The highest BCUT2D eigenvalue weighted by molar-refractivity contribution is 5.92. The number of aromatic nitrogens is 1. The van der Waals surface area contributed by atoms with Crippen LogP contribution in [0.5, 0.6) is 0 Å².